The molecular weight excluding hydrogens is 487 g/mol. The number of nitrogens with one attached hydrogen (secondary N) is 1. The maximum atomic E-state index is 14.3. The van der Waals surface area contributed by atoms with Gasteiger partial charge in [0.05, 0.1) is 29.4 Å². The van der Waals surface area contributed by atoms with Crippen molar-refractivity contribution >= 4 is 28.7 Å². The third kappa shape index (κ3) is 4.92. The third-order valence-corrected chi connectivity index (χ3v) is 6.88. The van der Waals surface area contributed by atoms with Crippen LogP contribution >= 0.6 is 11.8 Å². The first-order chi connectivity index (χ1) is 20.2. The van der Waals surface area contributed by atoms with Crippen molar-refractivity contribution in [3.63, 3.8) is 0 Å². The molecule has 0 aliphatic heterocycles. The zero-order valence-corrected chi connectivity index (χ0v) is 20.3. The highest BCUT2D eigenvalue weighted by molar-refractivity contribution is 7.99. The normalized spacial score (nSPS) is 36.2. The van der Waals surface area contributed by atoms with Crippen LogP contribution < -0.4 is 5.32 Å². The molecule has 0 amide bonds. The number of aryl methyl sites for hydroxylation is 1. The summed E-state index contributed by atoms with van der Waals surface area (Å²) in [4.78, 5) is 8.62. The minimum atomic E-state index is -2.68. The van der Waals surface area contributed by atoms with E-state index in [0.717, 1.165) is 11.6 Å². The topological polar surface area (TPSA) is 138 Å². The van der Waals surface area contributed by atoms with Gasteiger partial charge in [0.15, 0.2) is 22.1 Å². The van der Waals surface area contributed by atoms with Crippen LogP contribution in [0.15, 0.2) is 23.4 Å². The van der Waals surface area contributed by atoms with Crippen LogP contribution in [0.2, 0.25) is 0 Å². The Bertz CT molecular complexity index is 1580. The molecule has 0 unspecified atom stereocenters. The molecule has 0 bridgehead atoms. The molecule has 2 aliphatic rings. The molecule has 0 spiro atoms. The fourth-order valence-electron chi connectivity index (χ4n) is 4.23. The molecule has 3 aromatic rings. The highest BCUT2D eigenvalue weighted by Crippen LogP contribution is 2.44. The van der Waals surface area contributed by atoms with Crippen molar-refractivity contribution in [2.24, 2.45) is 0 Å². The summed E-state index contributed by atoms with van der Waals surface area (Å²) in [6, 6.07) is 1.50. The number of aliphatic hydroxyl groups excluding tert-OH is 2. The lowest BCUT2D eigenvalue weighted by Crippen LogP contribution is -2.33. The van der Waals surface area contributed by atoms with Crippen molar-refractivity contribution in [2.45, 2.75) is 74.5 Å². The maximum absolute atomic E-state index is 14.3. The van der Waals surface area contributed by atoms with Gasteiger partial charge >= 0.3 is 0 Å². The number of ether oxygens (including phenoxy) is 1. The summed E-state index contributed by atoms with van der Waals surface area (Å²) in [6.07, 6.45) is -6.63. The molecule has 4 N–H and O–H groups in total. The van der Waals surface area contributed by atoms with E-state index in [4.69, 9.17) is 15.7 Å². The summed E-state index contributed by atoms with van der Waals surface area (Å²) < 4.78 is 85.4. The zero-order chi connectivity index (χ0) is 32.6. The summed E-state index contributed by atoms with van der Waals surface area (Å²) in [6.45, 7) is -0.834. The predicted octanol–water partition coefficient (Wildman–Crippen LogP) is 2.18. The van der Waals surface area contributed by atoms with Crippen LogP contribution in [-0.4, -0.2) is 83.5 Å². The van der Waals surface area contributed by atoms with Crippen LogP contribution in [0.4, 0.5) is 10.2 Å². The molecule has 0 saturated heterocycles. The monoisotopic (exact) mass is 526 g/mol. The molecule has 0 radical (unpaired) electrons. The average Bonchev–Trinajstić information content (AvgIpc) is 3.14. The first-order valence-electron chi connectivity index (χ1n) is 15.2. The Morgan fingerprint density at radius 1 is 1.31 bits per heavy atom. The van der Waals surface area contributed by atoms with Crippen LogP contribution in [0.5, 0.6) is 0 Å². The molecular formula is C24H31FN6O4S. The standard InChI is InChI=1S/C24H31FN6O4S/c1-3-8-36-24-27-22(26-16-10-14(16)13-5-4-12(2)15(25)9-13)19-23(28-24)31(30-29-19)17-11-18(35-7-6-32)21(34)20(17)33/h4-5,9,14,16-18,20-21,32-34H,3,6-8,10-11H2,1-2H3,(H,26,27,28)/t14-,16+,17+,18-,20-,21+/m0/s1/i3D2,6D2,8D2,14D,16D. The van der Waals surface area contributed by atoms with Gasteiger partial charge in [0.25, 0.3) is 0 Å². The number of benzene rings is 1. The van der Waals surface area contributed by atoms with E-state index < -0.39 is 67.3 Å². The molecule has 5 rings (SSSR count). The van der Waals surface area contributed by atoms with E-state index in [0.29, 0.717) is 17.3 Å². The van der Waals surface area contributed by atoms with E-state index in [1.165, 1.54) is 12.1 Å². The number of aromatic nitrogens is 5. The zero-order valence-electron chi connectivity index (χ0n) is 27.4. The van der Waals surface area contributed by atoms with Gasteiger partial charge in [-0.15, -0.1) is 5.10 Å². The predicted molar refractivity (Wildman–Crippen MR) is 133 cm³/mol. The van der Waals surface area contributed by atoms with Crippen LogP contribution in [0.25, 0.3) is 11.2 Å². The molecule has 36 heavy (non-hydrogen) atoms. The molecule has 2 saturated carbocycles. The van der Waals surface area contributed by atoms with Gasteiger partial charge in [-0.05, 0) is 36.9 Å². The Kier molecular flexibility index (Phi) is 5.03. The van der Waals surface area contributed by atoms with Crippen LogP contribution in [0.3, 0.4) is 0 Å². The number of anilines is 1. The van der Waals surface area contributed by atoms with Crippen molar-refractivity contribution in [3.05, 3.63) is 35.1 Å². The lowest BCUT2D eigenvalue weighted by Gasteiger charge is -2.17. The lowest BCUT2D eigenvalue weighted by molar-refractivity contribution is -0.0629. The molecule has 1 aromatic carbocycles. The molecule has 2 aliphatic carbocycles. The van der Waals surface area contributed by atoms with Crippen molar-refractivity contribution in [1.29, 1.82) is 0 Å². The number of hydrogen-bond acceptors (Lipinski definition) is 10. The molecule has 10 nitrogen and oxygen atoms in total. The van der Waals surface area contributed by atoms with Crippen LogP contribution in [-0.2, 0) is 4.74 Å². The third-order valence-electron chi connectivity index (χ3n) is 6.20. The number of fused-ring (bicyclic) bond motifs is 1. The van der Waals surface area contributed by atoms with Crippen LogP contribution in [0, 0.1) is 12.7 Å². The van der Waals surface area contributed by atoms with Crippen molar-refractivity contribution in [2.75, 3.05) is 24.2 Å². The van der Waals surface area contributed by atoms with E-state index in [2.05, 4.69) is 25.6 Å². The van der Waals surface area contributed by atoms with Gasteiger partial charge in [0.1, 0.15) is 18.0 Å². The van der Waals surface area contributed by atoms with Gasteiger partial charge in [-0.2, -0.15) is 0 Å². The number of rotatable bonds is 10. The first-order valence-corrected chi connectivity index (χ1v) is 12.0. The Balaban J connectivity index is 1.53. The number of halogens is 1. The van der Waals surface area contributed by atoms with Crippen LogP contribution in [0.1, 0.15) is 60.2 Å². The summed E-state index contributed by atoms with van der Waals surface area (Å²) >= 11 is 0.359. The van der Waals surface area contributed by atoms with Crippen molar-refractivity contribution < 1.29 is 35.4 Å². The quantitative estimate of drug-likeness (QED) is 0.230. The summed E-state index contributed by atoms with van der Waals surface area (Å²) in [5.41, 5.74) is -2.01. The van der Waals surface area contributed by atoms with E-state index in [1.807, 2.05) is 0 Å². The highest BCUT2D eigenvalue weighted by atomic mass is 32.2. The second-order valence-electron chi connectivity index (χ2n) is 8.53. The molecule has 2 heterocycles. The van der Waals surface area contributed by atoms with E-state index >= 15 is 0 Å². The van der Waals surface area contributed by atoms with Gasteiger partial charge in [0, 0.05) is 30.9 Å². The summed E-state index contributed by atoms with van der Waals surface area (Å²) in [5.74, 6) is -2.26. The number of aliphatic hydroxyl groups is 3. The van der Waals surface area contributed by atoms with Gasteiger partial charge in [-0.3, -0.25) is 0 Å². The smallest absolute Gasteiger partial charge is 0.191 e. The second kappa shape index (κ2) is 10.5. The average molecular weight is 527 g/mol. The Morgan fingerprint density at radius 2 is 2.14 bits per heavy atom. The SMILES string of the molecule is [2H]C([2H])(O)CO[C@H]1C[C@@H](n2nnc3c(N[C@]4([2H])C[C@@]4([2H])c4ccc(C)c(F)c4)nc(SC([2H])([2H])C([2H])([2H])C)nc32)[C@H](O)[C@@H]1O. The molecule has 2 aromatic heterocycles. The van der Waals surface area contributed by atoms with E-state index in [9.17, 15) is 19.7 Å². The molecule has 12 heteroatoms. The Labute approximate surface area is 223 Å². The highest BCUT2D eigenvalue weighted by Gasteiger charge is 2.45. The van der Waals surface area contributed by atoms with Gasteiger partial charge in [-0.1, -0.05) is 36.0 Å². The maximum Gasteiger partial charge on any atom is 0.191 e. The fraction of sp³-hybridized carbons (Fsp3) is 0.583. The summed E-state index contributed by atoms with van der Waals surface area (Å²) in [7, 11) is 0. The Hall–Kier alpha value is -2.38. The van der Waals surface area contributed by atoms with Gasteiger partial charge < -0.3 is 25.4 Å². The number of thioether (sulfide) groups is 1. The van der Waals surface area contributed by atoms with Crippen molar-refractivity contribution in [3.8, 4) is 0 Å². The molecule has 6 atom stereocenters. The summed E-state index contributed by atoms with van der Waals surface area (Å²) in [5, 5.41) is 41.5. The van der Waals surface area contributed by atoms with Gasteiger partial charge in [-0.25, -0.2) is 19.0 Å². The minimum absolute atomic E-state index is 0.0388. The second-order valence-corrected chi connectivity index (χ2v) is 9.30. The molecule has 2 fully saturated rings. The minimum Gasteiger partial charge on any atom is -0.394 e. The number of nitrogens with zero attached hydrogens (tertiary/aromatic N) is 5. The molecule has 194 valence electrons. The van der Waals surface area contributed by atoms with E-state index in [1.54, 1.807) is 13.0 Å². The first kappa shape index (κ1) is 17.2. The van der Waals surface area contributed by atoms with Crippen molar-refractivity contribution in [1.82, 2.24) is 25.0 Å². The lowest BCUT2D eigenvalue weighted by atomic mass is 10.1. The largest absolute Gasteiger partial charge is 0.394 e. The number of hydrogen-bond donors (Lipinski definition) is 4. The van der Waals surface area contributed by atoms with Gasteiger partial charge in [0.2, 0.25) is 0 Å². The Morgan fingerprint density at radius 3 is 2.89 bits per heavy atom. The van der Waals surface area contributed by atoms with E-state index in [-0.39, 0.29) is 40.5 Å². The fourth-order valence-corrected chi connectivity index (χ4v) is 4.70.